The van der Waals surface area contributed by atoms with Crippen molar-refractivity contribution in [2.45, 2.75) is 19.9 Å². The Balaban J connectivity index is 2.21. The number of rotatable bonds is 4. The minimum Gasteiger partial charge on any atom is -0.373 e. The fraction of sp³-hybridized carbons (Fsp3) is 0.214. The van der Waals surface area contributed by atoms with Crippen LogP contribution in [-0.2, 0) is 0 Å². The van der Waals surface area contributed by atoms with Crippen LogP contribution in [0.2, 0.25) is 0 Å². The molecule has 5 nitrogen and oxygen atoms in total. The lowest BCUT2D eigenvalue weighted by molar-refractivity contribution is -0.384. The van der Waals surface area contributed by atoms with E-state index in [-0.39, 0.29) is 11.7 Å². The van der Waals surface area contributed by atoms with Gasteiger partial charge >= 0.3 is 5.69 Å². The number of aromatic nitrogens is 1. The van der Waals surface area contributed by atoms with E-state index in [0.29, 0.717) is 5.69 Å². The maximum absolute atomic E-state index is 10.9. The average Bonchev–Trinajstić information content (AvgIpc) is 2.39. The van der Waals surface area contributed by atoms with E-state index < -0.39 is 4.92 Å². The van der Waals surface area contributed by atoms with Crippen LogP contribution in [0.4, 0.5) is 11.4 Å². The molecule has 1 aromatic carbocycles. The molecule has 0 spiro atoms. The van der Waals surface area contributed by atoms with Crippen LogP contribution in [0, 0.1) is 17.0 Å². The SMILES string of the molecule is Cc1ccc(C(C)Nc2ccncc2[N+](=O)[O-])cc1. The summed E-state index contributed by atoms with van der Waals surface area (Å²) in [7, 11) is 0. The zero-order valence-corrected chi connectivity index (χ0v) is 10.8. The molecular formula is C14H15N3O2. The Kier molecular flexibility index (Phi) is 3.75. The first-order valence-corrected chi connectivity index (χ1v) is 5.99. The fourth-order valence-corrected chi connectivity index (χ4v) is 1.83. The zero-order valence-electron chi connectivity index (χ0n) is 10.8. The van der Waals surface area contributed by atoms with Gasteiger partial charge in [-0.15, -0.1) is 0 Å². The largest absolute Gasteiger partial charge is 0.373 e. The molecule has 98 valence electrons. The Morgan fingerprint density at radius 3 is 2.58 bits per heavy atom. The third kappa shape index (κ3) is 3.07. The van der Waals surface area contributed by atoms with Crippen LogP contribution in [0.3, 0.4) is 0 Å². The summed E-state index contributed by atoms with van der Waals surface area (Å²) in [5, 5.41) is 14.1. The number of nitrogens with zero attached hydrogens (tertiary/aromatic N) is 2. The second-order valence-electron chi connectivity index (χ2n) is 4.43. The monoisotopic (exact) mass is 257 g/mol. The standard InChI is InChI=1S/C14H15N3O2/c1-10-3-5-12(6-4-10)11(2)16-13-7-8-15-9-14(13)17(18)19/h3-9,11H,1-2H3,(H,15,16). The molecule has 0 radical (unpaired) electrons. The highest BCUT2D eigenvalue weighted by Gasteiger charge is 2.15. The summed E-state index contributed by atoms with van der Waals surface area (Å²) in [5.74, 6) is 0. The third-order valence-electron chi connectivity index (χ3n) is 2.95. The van der Waals surface area contributed by atoms with Crippen molar-refractivity contribution in [1.82, 2.24) is 4.98 Å². The first-order chi connectivity index (χ1) is 9.08. The number of aryl methyl sites for hydroxylation is 1. The van der Waals surface area contributed by atoms with Gasteiger partial charge in [-0.2, -0.15) is 0 Å². The quantitative estimate of drug-likeness (QED) is 0.672. The Bertz CT molecular complexity index is 581. The number of benzene rings is 1. The highest BCUT2D eigenvalue weighted by atomic mass is 16.6. The summed E-state index contributed by atoms with van der Waals surface area (Å²) in [5.41, 5.74) is 2.73. The third-order valence-corrected chi connectivity index (χ3v) is 2.95. The second kappa shape index (κ2) is 5.48. The maximum Gasteiger partial charge on any atom is 0.310 e. The molecule has 1 N–H and O–H groups in total. The molecule has 2 rings (SSSR count). The molecule has 0 saturated heterocycles. The molecule has 5 heteroatoms. The lowest BCUT2D eigenvalue weighted by Crippen LogP contribution is -2.08. The summed E-state index contributed by atoms with van der Waals surface area (Å²) in [6.45, 7) is 3.99. The van der Waals surface area contributed by atoms with Crippen molar-refractivity contribution in [1.29, 1.82) is 0 Å². The van der Waals surface area contributed by atoms with Gasteiger partial charge in [-0.1, -0.05) is 29.8 Å². The number of pyridine rings is 1. The Hall–Kier alpha value is -2.43. The predicted octanol–water partition coefficient (Wildman–Crippen LogP) is 3.47. The van der Waals surface area contributed by atoms with Gasteiger partial charge in [0.1, 0.15) is 11.9 Å². The van der Waals surface area contributed by atoms with Crippen molar-refractivity contribution in [2.24, 2.45) is 0 Å². The molecule has 1 heterocycles. The number of anilines is 1. The van der Waals surface area contributed by atoms with Gasteiger partial charge < -0.3 is 5.32 Å². The van der Waals surface area contributed by atoms with Gasteiger partial charge in [-0.25, -0.2) is 0 Å². The van der Waals surface area contributed by atoms with Crippen molar-refractivity contribution in [3.63, 3.8) is 0 Å². The molecule has 1 aromatic heterocycles. The minimum atomic E-state index is -0.433. The maximum atomic E-state index is 10.9. The van der Waals surface area contributed by atoms with Crippen molar-refractivity contribution >= 4 is 11.4 Å². The van der Waals surface area contributed by atoms with Gasteiger partial charge in [0.25, 0.3) is 0 Å². The van der Waals surface area contributed by atoms with Gasteiger partial charge in [-0.05, 0) is 25.5 Å². The zero-order chi connectivity index (χ0) is 13.8. The van der Waals surface area contributed by atoms with Gasteiger partial charge in [0.15, 0.2) is 0 Å². The molecule has 19 heavy (non-hydrogen) atoms. The molecular weight excluding hydrogens is 242 g/mol. The molecule has 0 aliphatic rings. The normalized spacial score (nSPS) is 11.9. The van der Waals surface area contributed by atoms with Crippen LogP contribution in [0.1, 0.15) is 24.1 Å². The van der Waals surface area contributed by atoms with Crippen molar-refractivity contribution in [3.8, 4) is 0 Å². The van der Waals surface area contributed by atoms with Crippen LogP contribution in [-0.4, -0.2) is 9.91 Å². The number of nitro groups is 1. The van der Waals surface area contributed by atoms with Crippen LogP contribution in [0.5, 0.6) is 0 Å². The highest BCUT2D eigenvalue weighted by molar-refractivity contribution is 5.60. The lowest BCUT2D eigenvalue weighted by atomic mass is 10.1. The first-order valence-electron chi connectivity index (χ1n) is 5.99. The Labute approximate surface area is 111 Å². The molecule has 1 atom stereocenters. The average molecular weight is 257 g/mol. The molecule has 0 aliphatic carbocycles. The number of hydrogen-bond acceptors (Lipinski definition) is 4. The fourth-order valence-electron chi connectivity index (χ4n) is 1.83. The molecule has 0 saturated carbocycles. The Morgan fingerprint density at radius 1 is 1.26 bits per heavy atom. The second-order valence-corrected chi connectivity index (χ2v) is 4.43. The van der Waals surface area contributed by atoms with E-state index in [4.69, 9.17) is 0 Å². The van der Waals surface area contributed by atoms with E-state index in [9.17, 15) is 10.1 Å². The summed E-state index contributed by atoms with van der Waals surface area (Å²) >= 11 is 0. The van der Waals surface area contributed by atoms with Crippen LogP contribution in [0.15, 0.2) is 42.7 Å². The molecule has 0 fully saturated rings. The summed E-state index contributed by atoms with van der Waals surface area (Å²) in [4.78, 5) is 14.3. The molecule has 2 aromatic rings. The topological polar surface area (TPSA) is 68.1 Å². The smallest absolute Gasteiger partial charge is 0.310 e. The van der Waals surface area contributed by atoms with Crippen molar-refractivity contribution < 1.29 is 4.92 Å². The number of hydrogen-bond donors (Lipinski definition) is 1. The molecule has 0 bridgehead atoms. The van der Waals surface area contributed by atoms with Gasteiger partial charge in [0.05, 0.1) is 4.92 Å². The number of nitrogens with one attached hydrogen (secondary N) is 1. The van der Waals surface area contributed by atoms with Crippen LogP contribution >= 0.6 is 0 Å². The van der Waals surface area contributed by atoms with Gasteiger partial charge in [-0.3, -0.25) is 15.1 Å². The molecule has 0 amide bonds. The predicted molar refractivity (Wildman–Crippen MR) is 74.1 cm³/mol. The van der Waals surface area contributed by atoms with E-state index in [2.05, 4.69) is 10.3 Å². The minimum absolute atomic E-state index is 0.0123. The van der Waals surface area contributed by atoms with E-state index in [0.717, 1.165) is 5.56 Å². The summed E-state index contributed by atoms with van der Waals surface area (Å²) < 4.78 is 0. The highest BCUT2D eigenvalue weighted by Crippen LogP contribution is 2.26. The Morgan fingerprint density at radius 2 is 1.95 bits per heavy atom. The van der Waals surface area contributed by atoms with Crippen molar-refractivity contribution in [2.75, 3.05) is 5.32 Å². The molecule has 0 aliphatic heterocycles. The van der Waals surface area contributed by atoms with E-state index in [1.165, 1.54) is 18.0 Å². The first kappa shape index (κ1) is 13.0. The summed E-state index contributed by atoms with van der Waals surface area (Å²) in [6, 6.07) is 9.67. The summed E-state index contributed by atoms with van der Waals surface area (Å²) in [6.07, 6.45) is 2.79. The van der Waals surface area contributed by atoms with E-state index in [1.54, 1.807) is 6.07 Å². The van der Waals surface area contributed by atoms with E-state index in [1.807, 2.05) is 38.1 Å². The van der Waals surface area contributed by atoms with E-state index >= 15 is 0 Å². The van der Waals surface area contributed by atoms with Gasteiger partial charge in [0.2, 0.25) is 0 Å². The van der Waals surface area contributed by atoms with Crippen molar-refractivity contribution in [3.05, 3.63) is 64.0 Å². The van der Waals surface area contributed by atoms with Crippen LogP contribution in [0.25, 0.3) is 0 Å². The van der Waals surface area contributed by atoms with Crippen LogP contribution < -0.4 is 5.32 Å². The molecule has 1 unspecified atom stereocenters. The lowest BCUT2D eigenvalue weighted by Gasteiger charge is -2.15. The van der Waals surface area contributed by atoms with Gasteiger partial charge in [0, 0.05) is 12.2 Å².